The van der Waals surface area contributed by atoms with Gasteiger partial charge in [-0.25, -0.2) is 9.18 Å². The molecule has 0 unspecified atom stereocenters. The summed E-state index contributed by atoms with van der Waals surface area (Å²) in [4.78, 5) is 14.7. The maximum Gasteiger partial charge on any atom is 0.341 e. The zero-order valence-corrected chi connectivity index (χ0v) is 9.67. The molecule has 0 amide bonds. The minimum absolute atomic E-state index is 0.0856. The highest BCUT2D eigenvalue weighted by atomic mass is 19.1. The predicted octanol–water partition coefficient (Wildman–Crippen LogP) is 1.78. The number of aliphatic hydroxyl groups is 1. The average molecular weight is 263 g/mol. The molecule has 5 nitrogen and oxygen atoms in total. The standard InChI is InChI=1S/C13H10FNO4/c14-8-3-1-7(2-4-8)11-10(6-16)15-5-9(12(11)17)13(18)19/h1-5,16H,6H2,(H,15,17)(H,18,19). The first-order valence-electron chi connectivity index (χ1n) is 5.35. The number of carboxylic acids is 1. The lowest BCUT2D eigenvalue weighted by Crippen LogP contribution is -2.03. The van der Waals surface area contributed by atoms with Crippen LogP contribution in [0.4, 0.5) is 4.39 Å². The predicted molar refractivity (Wildman–Crippen MR) is 64.2 cm³/mol. The van der Waals surface area contributed by atoms with Crippen LogP contribution in [0.15, 0.2) is 30.5 Å². The minimum atomic E-state index is -1.34. The number of aromatic nitrogens is 1. The number of aliphatic hydroxyl groups excluding tert-OH is 1. The number of benzene rings is 1. The number of hydrogen-bond donors (Lipinski definition) is 3. The number of carboxylic acid groups (broad SMARTS) is 1. The Hall–Kier alpha value is -2.47. The average Bonchev–Trinajstić information content (AvgIpc) is 2.39. The van der Waals surface area contributed by atoms with Crippen molar-refractivity contribution >= 4 is 5.97 Å². The van der Waals surface area contributed by atoms with E-state index in [0.29, 0.717) is 5.56 Å². The van der Waals surface area contributed by atoms with E-state index in [9.17, 15) is 19.4 Å². The molecule has 0 spiro atoms. The molecular formula is C13H10FNO4. The lowest BCUT2D eigenvalue weighted by molar-refractivity contribution is 0.0693. The number of aromatic carboxylic acids is 1. The van der Waals surface area contributed by atoms with Crippen molar-refractivity contribution in [1.29, 1.82) is 0 Å². The highest BCUT2D eigenvalue weighted by molar-refractivity contribution is 5.94. The van der Waals surface area contributed by atoms with E-state index in [4.69, 9.17) is 5.11 Å². The molecule has 0 atom stereocenters. The summed E-state index contributed by atoms with van der Waals surface area (Å²) in [6, 6.07) is 5.08. The van der Waals surface area contributed by atoms with Crippen LogP contribution in [0, 0.1) is 5.82 Å². The molecular weight excluding hydrogens is 253 g/mol. The smallest absolute Gasteiger partial charge is 0.341 e. The highest BCUT2D eigenvalue weighted by Crippen LogP contribution is 2.34. The van der Waals surface area contributed by atoms with Crippen LogP contribution in [0.3, 0.4) is 0 Å². The van der Waals surface area contributed by atoms with Gasteiger partial charge in [0.25, 0.3) is 0 Å². The van der Waals surface area contributed by atoms with Crippen LogP contribution in [0.25, 0.3) is 11.1 Å². The van der Waals surface area contributed by atoms with E-state index in [1.807, 2.05) is 0 Å². The summed E-state index contributed by atoms with van der Waals surface area (Å²) in [6.45, 7) is -0.472. The van der Waals surface area contributed by atoms with Crippen molar-refractivity contribution in [2.45, 2.75) is 6.61 Å². The van der Waals surface area contributed by atoms with Crippen LogP contribution in [-0.2, 0) is 6.61 Å². The minimum Gasteiger partial charge on any atom is -0.506 e. The summed E-state index contributed by atoms with van der Waals surface area (Å²) in [5, 5.41) is 28.1. The second-order valence-corrected chi connectivity index (χ2v) is 3.81. The van der Waals surface area contributed by atoms with Crippen molar-refractivity contribution in [1.82, 2.24) is 4.98 Å². The molecule has 6 heteroatoms. The molecule has 0 saturated carbocycles. The fourth-order valence-electron chi connectivity index (χ4n) is 1.74. The van der Waals surface area contributed by atoms with Crippen LogP contribution < -0.4 is 0 Å². The van der Waals surface area contributed by atoms with Gasteiger partial charge >= 0.3 is 5.97 Å². The molecule has 0 aliphatic carbocycles. The Morgan fingerprint density at radius 3 is 2.42 bits per heavy atom. The Labute approximate surface area is 107 Å². The molecule has 2 rings (SSSR count). The van der Waals surface area contributed by atoms with Crippen molar-refractivity contribution in [3.05, 3.63) is 47.5 Å². The number of hydrogen-bond acceptors (Lipinski definition) is 4. The van der Waals surface area contributed by atoms with E-state index in [0.717, 1.165) is 6.20 Å². The summed E-state index contributed by atoms with van der Waals surface area (Å²) in [5.41, 5.74) is 0.201. The summed E-state index contributed by atoms with van der Waals surface area (Å²) >= 11 is 0. The molecule has 1 aromatic carbocycles. The largest absolute Gasteiger partial charge is 0.506 e. The van der Waals surface area contributed by atoms with Gasteiger partial charge in [0.1, 0.15) is 17.1 Å². The molecule has 1 heterocycles. The van der Waals surface area contributed by atoms with E-state index in [2.05, 4.69) is 4.98 Å². The van der Waals surface area contributed by atoms with E-state index in [-0.39, 0.29) is 16.8 Å². The van der Waals surface area contributed by atoms with Crippen molar-refractivity contribution in [3.8, 4) is 16.9 Å². The van der Waals surface area contributed by atoms with E-state index < -0.39 is 24.1 Å². The fraction of sp³-hybridized carbons (Fsp3) is 0.0769. The molecule has 0 aliphatic heterocycles. The maximum absolute atomic E-state index is 12.9. The highest BCUT2D eigenvalue weighted by Gasteiger charge is 2.19. The Morgan fingerprint density at radius 1 is 1.26 bits per heavy atom. The van der Waals surface area contributed by atoms with Crippen molar-refractivity contribution in [3.63, 3.8) is 0 Å². The summed E-state index contributed by atoms with van der Waals surface area (Å²) < 4.78 is 12.9. The Morgan fingerprint density at radius 2 is 1.89 bits per heavy atom. The Kier molecular flexibility index (Phi) is 3.43. The molecule has 0 bridgehead atoms. The maximum atomic E-state index is 12.9. The van der Waals surface area contributed by atoms with Crippen LogP contribution in [-0.4, -0.2) is 26.3 Å². The van der Waals surface area contributed by atoms with Gasteiger partial charge in [0.05, 0.1) is 12.3 Å². The lowest BCUT2D eigenvalue weighted by atomic mass is 10.0. The van der Waals surface area contributed by atoms with Crippen LogP contribution >= 0.6 is 0 Å². The van der Waals surface area contributed by atoms with Crippen molar-refractivity contribution in [2.75, 3.05) is 0 Å². The van der Waals surface area contributed by atoms with Crippen LogP contribution in [0.1, 0.15) is 16.1 Å². The molecule has 2 aromatic rings. The molecule has 0 fully saturated rings. The number of aromatic hydroxyl groups is 1. The van der Waals surface area contributed by atoms with E-state index >= 15 is 0 Å². The summed E-state index contributed by atoms with van der Waals surface area (Å²) in [6.07, 6.45) is 0.968. The van der Waals surface area contributed by atoms with Crippen LogP contribution in [0.2, 0.25) is 0 Å². The van der Waals surface area contributed by atoms with Crippen molar-refractivity contribution < 1.29 is 24.5 Å². The molecule has 0 saturated heterocycles. The Balaban J connectivity index is 2.69. The number of carbonyl (C=O) groups is 1. The van der Waals surface area contributed by atoms with Gasteiger partial charge in [-0.05, 0) is 17.7 Å². The topological polar surface area (TPSA) is 90.7 Å². The number of rotatable bonds is 3. The van der Waals surface area contributed by atoms with Gasteiger partial charge in [0, 0.05) is 11.8 Å². The molecule has 19 heavy (non-hydrogen) atoms. The van der Waals surface area contributed by atoms with Crippen molar-refractivity contribution in [2.24, 2.45) is 0 Å². The number of pyridine rings is 1. The summed E-state index contributed by atoms with van der Waals surface area (Å²) in [5.74, 6) is -2.30. The second-order valence-electron chi connectivity index (χ2n) is 3.81. The zero-order valence-electron chi connectivity index (χ0n) is 9.67. The zero-order chi connectivity index (χ0) is 14.0. The molecule has 1 aromatic heterocycles. The first-order valence-corrected chi connectivity index (χ1v) is 5.35. The third-order valence-electron chi connectivity index (χ3n) is 2.64. The summed E-state index contributed by atoms with van der Waals surface area (Å²) in [7, 11) is 0. The fourth-order valence-corrected chi connectivity index (χ4v) is 1.74. The first-order chi connectivity index (χ1) is 9.04. The lowest BCUT2D eigenvalue weighted by Gasteiger charge is -2.11. The molecule has 98 valence electrons. The van der Waals surface area contributed by atoms with Gasteiger partial charge in [-0.1, -0.05) is 12.1 Å². The third kappa shape index (κ3) is 2.38. The molecule has 0 aliphatic rings. The number of nitrogens with zero attached hydrogens (tertiary/aromatic N) is 1. The Bertz CT molecular complexity index is 625. The van der Waals surface area contributed by atoms with Gasteiger partial charge in [-0.2, -0.15) is 0 Å². The van der Waals surface area contributed by atoms with Gasteiger partial charge in [0.15, 0.2) is 0 Å². The molecule has 3 N–H and O–H groups in total. The van der Waals surface area contributed by atoms with Gasteiger partial charge in [-0.3, -0.25) is 4.98 Å². The SMILES string of the molecule is O=C(O)c1cnc(CO)c(-c2ccc(F)cc2)c1O. The van der Waals surface area contributed by atoms with Gasteiger partial charge in [0.2, 0.25) is 0 Å². The van der Waals surface area contributed by atoms with Gasteiger partial charge in [-0.15, -0.1) is 0 Å². The second kappa shape index (κ2) is 5.03. The van der Waals surface area contributed by atoms with Gasteiger partial charge < -0.3 is 15.3 Å². The first kappa shape index (κ1) is 13.0. The van der Waals surface area contributed by atoms with E-state index in [1.54, 1.807) is 0 Å². The molecule has 0 radical (unpaired) electrons. The normalized spacial score (nSPS) is 10.4. The van der Waals surface area contributed by atoms with E-state index in [1.165, 1.54) is 24.3 Å². The quantitative estimate of drug-likeness (QED) is 0.785. The van der Waals surface area contributed by atoms with Crippen LogP contribution in [0.5, 0.6) is 5.75 Å². The third-order valence-corrected chi connectivity index (χ3v) is 2.64. The number of halogens is 1. The monoisotopic (exact) mass is 263 g/mol.